The van der Waals surface area contributed by atoms with E-state index in [9.17, 15) is 0 Å². The van der Waals surface area contributed by atoms with Crippen LogP contribution < -0.4 is 10.1 Å². The van der Waals surface area contributed by atoms with E-state index in [4.69, 9.17) is 21.3 Å². The van der Waals surface area contributed by atoms with Gasteiger partial charge >= 0.3 is 0 Å². The predicted octanol–water partition coefficient (Wildman–Crippen LogP) is 7.64. The number of benzene rings is 3. The van der Waals surface area contributed by atoms with Gasteiger partial charge in [-0.05, 0) is 67.3 Å². The standard InChI is InChI=1S/C22H21ClN2OS.HI/c1-16(17-6-4-3-5-7-17)24-22(27-2)25-19-10-14-21(15-11-19)26-20-12-8-18(23)9-13-20;/h3-16H,1-2H3,(H,24,25);1H. The number of thioether (sulfide) groups is 1. The van der Waals surface area contributed by atoms with E-state index in [1.165, 1.54) is 5.56 Å². The number of ether oxygens (including phenoxy) is 1. The lowest BCUT2D eigenvalue weighted by molar-refractivity contribution is 0.483. The lowest BCUT2D eigenvalue weighted by atomic mass is 10.1. The van der Waals surface area contributed by atoms with Gasteiger partial charge in [0.2, 0.25) is 0 Å². The molecule has 0 heterocycles. The van der Waals surface area contributed by atoms with Crippen molar-refractivity contribution in [2.45, 2.75) is 13.0 Å². The van der Waals surface area contributed by atoms with Crippen molar-refractivity contribution in [3.05, 3.63) is 89.4 Å². The molecule has 0 radical (unpaired) electrons. The lowest BCUT2D eigenvalue weighted by Crippen LogP contribution is -2.09. The number of aliphatic imine (C=N–C) groups is 1. The SMILES string of the molecule is CSC(=NC(C)c1ccccc1)Nc1ccc(Oc2ccc(Cl)cc2)cc1.I. The molecule has 0 aromatic heterocycles. The normalized spacial score (nSPS) is 12.0. The van der Waals surface area contributed by atoms with Crippen molar-refractivity contribution in [2.24, 2.45) is 4.99 Å². The number of anilines is 1. The highest BCUT2D eigenvalue weighted by Crippen LogP contribution is 2.25. The van der Waals surface area contributed by atoms with E-state index >= 15 is 0 Å². The van der Waals surface area contributed by atoms with Crippen LogP contribution in [0.3, 0.4) is 0 Å². The summed E-state index contributed by atoms with van der Waals surface area (Å²) in [5.41, 5.74) is 2.16. The summed E-state index contributed by atoms with van der Waals surface area (Å²) in [6.45, 7) is 2.09. The minimum Gasteiger partial charge on any atom is -0.457 e. The van der Waals surface area contributed by atoms with Crippen LogP contribution in [0.5, 0.6) is 11.5 Å². The van der Waals surface area contributed by atoms with Crippen LogP contribution in [0, 0.1) is 0 Å². The Balaban J connectivity index is 0.00000280. The predicted molar refractivity (Wildman–Crippen MR) is 133 cm³/mol. The zero-order chi connectivity index (χ0) is 19.1. The summed E-state index contributed by atoms with van der Waals surface area (Å²) in [4.78, 5) is 4.78. The molecule has 1 N–H and O–H groups in total. The first kappa shape index (κ1) is 22.6. The fourth-order valence-electron chi connectivity index (χ4n) is 2.49. The van der Waals surface area contributed by atoms with Gasteiger partial charge in [-0.25, -0.2) is 0 Å². The number of amidine groups is 1. The van der Waals surface area contributed by atoms with Crippen molar-refractivity contribution in [1.29, 1.82) is 0 Å². The molecule has 0 aliphatic rings. The number of halogens is 2. The molecule has 3 aromatic carbocycles. The first-order valence-corrected chi connectivity index (χ1v) is 10.2. The van der Waals surface area contributed by atoms with E-state index in [0.717, 1.165) is 22.4 Å². The van der Waals surface area contributed by atoms with Gasteiger partial charge in [0.05, 0.1) is 6.04 Å². The van der Waals surface area contributed by atoms with Crippen molar-refractivity contribution in [2.75, 3.05) is 11.6 Å². The molecule has 3 aromatic rings. The molecule has 0 aliphatic heterocycles. The van der Waals surface area contributed by atoms with E-state index in [2.05, 4.69) is 24.4 Å². The van der Waals surface area contributed by atoms with E-state index in [0.29, 0.717) is 5.02 Å². The summed E-state index contributed by atoms with van der Waals surface area (Å²) in [7, 11) is 0. The number of rotatable bonds is 5. The fourth-order valence-corrected chi connectivity index (χ4v) is 3.10. The molecule has 1 unspecified atom stereocenters. The average molecular weight is 525 g/mol. The van der Waals surface area contributed by atoms with Crippen LogP contribution in [-0.2, 0) is 0 Å². The van der Waals surface area contributed by atoms with Gasteiger partial charge in [-0.3, -0.25) is 4.99 Å². The van der Waals surface area contributed by atoms with E-state index in [1.54, 1.807) is 11.8 Å². The quantitative estimate of drug-likeness (QED) is 0.211. The smallest absolute Gasteiger partial charge is 0.161 e. The summed E-state index contributed by atoms with van der Waals surface area (Å²) in [5, 5.41) is 4.93. The Kier molecular flexibility index (Phi) is 9.15. The van der Waals surface area contributed by atoms with Gasteiger partial charge in [-0.15, -0.1) is 24.0 Å². The van der Waals surface area contributed by atoms with E-state index in [1.807, 2.05) is 73.0 Å². The fraction of sp³-hybridized carbons (Fsp3) is 0.136. The lowest BCUT2D eigenvalue weighted by Gasteiger charge is -2.12. The Morgan fingerprint density at radius 3 is 2.07 bits per heavy atom. The minimum atomic E-state index is 0. The van der Waals surface area contributed by atoms with Crippen LogP contribution in [0.2, 0.25) is 5.02 Å². The number of nitrogens with zero attached hydrogens (tertiary/aromatic N) is 1. The second kappa shape index (κ2) is 11.3. The molecule has 3 nitrogen and oxygen atoms in total. The van der Waals surface area contributed by atoms with Crippen LogP contribution >= 0.6 is 47.3 Å². The summed E-state index contributed by atoms with van der Waals surface area (Å²) in [6.07, 6.45) is 2.02. The third kappa shape index (κ3) is 6.72. The molecule has 1 atom stereocenters. The zero-order valence-corrected chi connectivity index (χ0v) is 19.5. The molecule has 28 heavy (non-hydrogen) atoms. The van der Waals surface area contributed by atoms with Crippen LogP contribution in [0.15, 0.2) is 83.9 Å². The Hall–Kier alpha value is -1.70. The van der Waals surface area contributed by atoms with Crippen molar-refractivity contribution in [1.82, 2.24) is 0 Å². The minimum absolute atomic E-state index is 0. The largest absolute Gasteiger partial charge is 0.457 e. The third-order valence-corrected chi connectivity index (χ3v) is 4.79. The van der Waals surface area contributed by atoms with Gasteiger partial charge in [0.1, 0.15) is 11.5 Å². The molecule has 0 bridgehead atoms. The van der Waals surface area contributed by atoms with Crippen LogP contribution in [0.1, 0.15) is 18.5 Å². The monoisotopic (exact) mass is 524 g/mol. The maximum atomic E-state index is 5.90. The first-order chi connectivity index (χ1) is 13.1. The highest BCUT2D eigenvalue weighted by Gasteiger charge is 2.06. The molecule has 0 fully saturated rings. The van der Waals surface area contributed by atoms with Gasteiger partial charge in [-0.1, -0.05) is 53.7 Å². The third-order valence-electron chi connectivity index (χ3n) is 3.94. The maximum absolute atomic E-state index is 5.90. The van der Waals surface area contributed by atoms with Crippen molar-refractivity contribution >= 4 is 58.2 Å². The Morgan fingerprint density at radius 1 is 0.929 bits per heavy atom. The summed E-state index contributed by atoms with van der Waals surface area (Å²) in [6, 6.07) is 25.5. The molecule has 0 amide bonds. The van der Waals surface area contributed by atoms with Crippen LogP contribution in [-0.4, -0.2) is 11.4 Å². The molecular weight excluding hydrogens is 503 g/mol. The van der Waals surface area contributed by atoms with Crippen LogP contribution in [0.25, 0.3) is 0 Å². The maximum Gasteiger partial charge on any atom is 0.161 e. The molecular formula is C22H22ClIN2OS. The van der Waals surface area contributed by atoms with Crippen molar-refractivity contribution in [3.63, 3.8) is 0 Å². The Labute approximate surface area is 192 Å². The molecule has 146 valence electrons. The highest BCUT2D eigenvalue weighted by atomic mass is 127. The first-order valence-electron chi connectivity index (χ1n) is 8.61. The van der Waals surface area contributed by atoms with Crippen molar-refractivity contribution < 1.29 is 4.74 Å². The molecule has 0 saturated carbocycles. The summed E-state index contributed by atoms with van der Waals surface area (Å²) >= 11 is 7.49. The summed E-state index contributed by atoms with van der Waals surface area (Å²) < 4.78 is 5.82. The average Bonchev–Trinajstić information content (AvgIpc) is 2.71. The molecule has 0 spiro atoms. The van der Waals surface area contributed by atoms with Gasteiger partial charge < -0.3 is 10.1 Å². The van der Waals surface area contributed by atoms with E-state index in [-0.39, 0.29) is 30.0 Å². The van der Waals surface area contributed by atoms with Gasteiger partial charge in [0.15, 0.2) is 5.17 Å². The summed E-state index contributed by atoms with van der Waals surface area (Å²) in [5.74, 6) is 1.52. The second-order valence-electron chi connectivity index (χ2n) is 5.93. The molecule has 0 aliphatic carbocycles. The molecule has 6 heteroatoms. The molecule has 3 rings (SSSR count). The zero-order valence-electron chi connectivity index (χ0n) is 15.6. The Morgan fingerprint density at radius 2 is 1.50 bits per heavy atom. The number of hydrogen-bond acceptors (Lipinski definition) is 3. The van der Waals surface area contributed by atoms with E-state index < -0.39 is 0 Å². The van der Waals surface area contributed by atoms with Crippen molar-refractivity contribution in [3.8, 4) is 11.5 Å². The number of hydrogen-bond donors (Lipinski definition) is 1. The second-order valence-corrected chi connectivity index (χ2v) is 7.16. The topological polar surface area (TPSA) is 33.6 Å². The van der Waals surface area contributed by atoms with Gasteiger partial charge in [-0.2, -0.15) is 0 Å². The van der Waals surface area contributed by atoms with Gasteiger partial charge in [0, 0.05) is 10.7 Å². The van der Waals surface area contributed by atoms with Gasteiger partial charge in [0.25, 0.3) is 0 Å². The number of nitrogens with one attached hydrogen (secondary N) is 1. The highest BCUT2D eigenvalue weighted by molar-refractivity contribution is 14.0. The molecule has 0 saturated heterocycles. The Bertz CT molecular complexity index is 887. The van der Waals surface area contributed by atoms with Crippen LogP contribution in [0.4, 0.5) is 5.69 Å².